The molecular weight excluding hydrogens is 334 g/mol. The fourth-order valence-electron chi connectivity index (χ4n) is 2.61. The minimum Gasteiger partial charge on any atom is -0.379 e. The summed E-state index contributed by atoms with van der Waals surface area (Å²) in [5, 5.41) is 7.19. The molecule has 0 aliphatic carbocycles. The molecule has 0 aromatic heterocycles. The van der Waals surface area contributed by atoms with E-state index in [0.29, 0.717) is 11.4 Å². The van der Waals surface area contributed by atoms with Gasteiger partial charge in [-0.1, -0.05) is 25.1 Å². The number of nitrogens with one attached hydrogen (secondary N) is 2. The Morgan fingerprint density at radius 1 is 1.36 bits per heavy atom. The van der Waals surface area contributed by atoms with Crippen LogP contribution in [0.25, 0.3) is 0 Å². The van der Waals surface area contributed by atoms with Crippen molar-refractivity contribution in [2.45, 2.75) is 42.4 Å². The first-order chi connectivity index (χ1) is 12.3. The lowest BCUT2D eigenvalue weighted by Crippen LogP contribution is -2.40. The summed E-state index contributed by atoms with van der Waals surface area (Å²) in [4.78, 5) is 5.57. The van der Waals surface area contributed by atoms with Gasteiger partial charge >= 0.3 is 0 Å². The Kier molecular flexibility index (Phi) is 9.77. The number of aliphatic imine (C=N–C) groups is 1. The third kappa shape index (κ3) is 8.61. The number of ether oxygens (including phenoxy) is 2. The molecule has 1 aliphatic heterocycles. The van der Waals surface area contributed by atoms with E-state index in [-0.39, 0.29) is 0 Å². The summed E-state index contributed by atoms with van der Waals surface area (Å²) < 4.78 is 11.2. The van der Waals surface area contributed by atoms with Crippen LogP contribution in [0.15, 0.2) is 40.2 Å². The second kappa shape index (κ2) is 12.2. The van der Waals surface area contributed by atoms with Crippen LogP contribution < -0.4 is 10.6 Å². The highest BCUT2D eigenvalue weighted by Gasteiger charge is 2.14. The maximum absolute atomic E-state index is 5.67. The van der Waals surface area contributed by atoms with Gasteiger partial charge < -0.3 is 20.1 Å². The van der Waals surface area contributed by atoms with E-state index in [0.717, 1.165) is 51.7 Å². The number of guanidine groups is 1. The number of thioether (sulfide) groups is 1. The van der Waals surface area contributed by atoms with E-state index in [4.69, 9.17) is 9.47 Å². The van der Waals surface area contributed by atoms with Crippen molar-refractivity contribution in [3.8, 4) is 0 Å². The minimum atomic E-state index is 0.311. The number of benzene rings is 1. The number of hydrogen-bond acceptors (Lipinski definition) is 4. The number of nitrogens with zero attached hydrogens (tertiary/aromatic N) is 1. The van der Waals surface area contributed by atoms with Crippen molar-refractivity contribution >= 4 is 17.7 Å². The zero-order valence-corrected chi connectivity index (χ0v) is 16.2. The number of hydrogen-bond donors (Lipinski definition) is 2. The molecule has 1 aromatic carbocycles. The molecule has 140 valence electrons. The van der Waals surface area contributed by atoms with Crippen LogP contribution in [0.2, 0.25) is 0 Å². The van der Waals surface area contributed by atoms with Crippen LogP contribution in [0, 0.1) is 0 Å². The highest BCUT2D eigenvalue weighted by atomic mass is 32.2. The summed E-state index contributed by atoms with van der Waals surface area (Å²) in [5.74, 6) is 0.847. The highest BCUT2D eigenvalue weighted by molar-refractivity contribution is 8.00. The van der Waals surface area contributed by atoms with Gasteiger partial charge in [0.05, 0.1) is 12.7 Å². The Morgan fingerprint density at radius 3 is 2.92 bits per heavy atom. The first-order valence-electron chi connectivity index (χ1n) is 9.13. The first kappa shape index (κ1) is 20.1. The molecule has 6 heteroatoms. The van der Waals surface area contributed by atoms with Gasteiger partial charge in [-0.25, -0.2) is 0 Å². The van der Waals surface area contributed by atoms with Crippen LogP contribution in [0.1, 0.15) is 26.2 Å². The number of rotatable bonds is 10. The molecule has 0 saturated carbocycles. The van der Waals surface area contributed by atoms with E-state index >= 15 is 0 Å². The standard InChI is InChI=1S/C19H31N3O2S/c1-16(25-18-9-4-3-5-10-18)14-22-19(20-2)21-11-7-12-23-15-17-8-6-13-24-17/h3-5,9-10,16-17H,6-8,11-15H2,1-2H3,(H2,20,21,22). The summed E-state index contributed by atoms with van der Waals surface area (Å²) in [7, 11) is 1.80. The van der Waals surface area contributed by atoms with Crippen molar-refractivity contribution < 1.29 is 9.47 Å². The Labute approximate surface area is 156 Å². The summed E-state index contributed by atoms with van der Waals surface area (Å²) in [5.41, 5.74) is 0. The topological polar surface area (TPSA) is 54.9 Å². The van der Waals surface area contributed by atoms with Gasteiger partial charge in [-0.15, -0.1) is 11.8 Å². The second-order valence-electron chi connectivity index (χ2n) is 6.18. The van der Waals surface area contributed by atoms with Crippen molar-refractivity contribution in [1.29, 1.82) is 0 Å². The average Bonchev–Trinajstić information content (AvgIpc) is 3.15. The third-order valence-electron chi connectivity index (χ3n) is 3.95. The van der Waals surface area contributed by atoms with E-state index in [9.17, 15) is 0 Å². The summed E-state index contributed by atoms with van der Waals surface area (Å²) in [6, 6.07) is 10.5. The Balaban J connectivity index is 1.51. The predicted octanol–water partition coefficient (Wildman–Crippen LogP) is 2.92. The van der Waals surface area contributed by atoms with Crippen molar-refractivity contribution in [2.24, 2.45) is 4.99 Å². The first-order valence-corrected chi connectivity index (χ1v) is 10.0. The zero-order chi connectivity index (χ0) is 17.7. The van der Waals surface area contributed by atoms with Gasteiger partial charge in [0.2, 0.25) is 0 Å². The van der Waals surface area contributed by atoms with Crippen LogP contribution in [0.3, 0.4) is 0 Å². The average molecular weight is 366 g/mol. The molecule has 2 N–H and O–H groups in total. The van der Waals surface area contributed by atoms with Gasteiger partial charge in [0.1, 0.15) is 0 Å². The third-order valence-corrected chi connectivity index (χ3v) is 5.06. The Bertz CT molecular complexity index is 493. The molecule has 1 fully saturated rings. The fraction of sp³-hybridized carbons (Fsp3) is 0.632. The molecule has 2 unspecified atom stereocenters. The van der Waals surface area contributed by atoms with Crippen molar-refractivity contribution in [2.75, 3.05) is 40.0 Å². The van der Waals surface area contributed by atoms with Gasteiger partial charge in [-0.05, 0) is 31.4 Å². The van der Waals surface area contributed by atoms with E-state index in [1.807, 2.05) is 17.8 Å². The van der Waals surface area contributed by atoms with Gasteiger partial charge in [-0.2, -0.15) is 0 Å². The largest absolute Gasteiger partial charge is 0.379 e. The highest BCUT2D eigenvalue weighted by Crippen LogP contribution is 2.21. The Morgan fingerprint density at radius 2 is 2.20 bits per heavy atom. The molecule has 0 bridgehead atoms. The summed E-state index contributed by atoms with van der Waals surface area (Å²) in [6.45, 7) is 6.31. The molecule has 0 radical (unpaired) electrons. The molecule has 2 atom stereocenters. The van der Waals surface area contributed by atoms with Gasteiger partial charge in [0.15, 0.2) is 5.96 Å². The van der Waals surface area contributed by atoms with Gasteiger partial charge in [0.25, 0.3) is 0 Å². The molecule has 1 heterocycles. The van der Waals surface area contributed by atoms with Gasteiger partial charge in [0, 0.05) is 43.5 Å². The van der Waals surface area contributed by atoms with Gasteiger partial charge in [-0.3, -0.25) is 4.99 Å². The van der Waals surface area contributed by atoms with Crippen molar-refractivity contribution in [3.63, 3.8) is 0 Å². The molecule has 0 spiro atoms. The van der Waals surface area contributed by atoms with Crippen LogP contribution in [-0.4, -0.2) is 57.3 Å². The quantitative estimate of drug-likeness (QED) is 0.289. The smallest absolute Gasteiger partial charge is 0.191 e. The summed E-state index contributed by atoms with van der Waals surface area (Å²) in [6.07, 6.45) is 3.57. The molecular formula is C19H31N3O2S. The van der Waals surface area contributed by atoms with Crippen molar-refractivity contribution in [1.82, 2.24) is 10.6 Å². The van der Waals surface area contributed by atoms with Crippen LogP contribution in [0.5, 0.6) is 0 Å². The molecule has 2 rings (SSSR count). The Hall–Kier alpha value is -1.24. The lowest BCUT2D eigenvalue weighted by molar-refractivity contribution is 0.0168. The maximum atomic E-state index is 5.67. The molecule has 0 amide bonds. The van der Waals surface area contributed by atoms with Crippen LogP contribution in [0.4, 0.5) is 0 Å². The van der Waals surface area contributed by atoms with Crippen LogP contribution in [-0.2, 0) is 9.47 Å². The van der Waals surface area contributed by atoms with E-state index in [1.54, 1.807) is 7.05 Å². The normalized spacial score (nSPS) is 19.0. The molecule has 5 nitrogen and oxygen atoms in total. The fourth-order valence-corrected chi connectivity index (χ4v) is 3.55. The lowest BCUT2D eigenvalue weighted by atomic mass is 10.2. The van der Waals surface area contributed by atoms with E-state index in [2.05, 4.69) is 46.8 Å². The molecule has 25 heavy (non-hydrogen) atoms. The summed E-state index contributed by atoms with van der Waals surface area (Å²) >= 11 is 1.87. The molecule has 1 aliphatic rings. The van der Waals surface area contributed by atoms with E-state index < -0.39 is 0 Å². The monoisotopic (exact) mass is 365 g/mol. The van der Waals surface area contributed by atoms with E-state index in [1.165, 1.54) is 11.3 Å². The SMILES string of the molecule is CN=C(NCCCOCC1CCCO1)NCC(C)Sc1ccccc1. The molecule has 1 saturated heterocycles. The maximum Gasteiger partial charge on any atom is 0.191 e. The predicted molar refractivity (Wildman–Crippen MR) is 106 cm³/mol. The lowest BCUT2D eigenvalue weighted by Gasteiger charge is -2.16. The van der Waals surface area contributed by atoms with Crippen molar-refractivity contribution in [3.05, 3.63) is 30.3 Å². The zero-order valence-electron chi connectivity index (χ0n) is 15.4. The second-order valence-corrected chi connectivity index (χ2v) is 7.70. The minimum absolute atomic E-state index is 0.311. The van der Waals surface area contributed by atoms with Crippen LogP contribution >= 0.6 is 11.8 Å². The molecule has 1 aromatic rings.